The van der Waals surface area contributed by atoms with Gasteiger partial charge in [0.05, 0.1) is 102 Å². The fourth-order valence-corrected chi connectivity index (χ4v) is 12.3. The van der Waals surface area contributed by atoms with Gasteiger partial charge in [0.25, 0.3) is 0 Å². The molecule has 0 radical (unpaired) electrons. The molecule has 91 heavy (non-hydrogen) atoms. The zero-order chi connectivity index (χ0) is 62.3. The van der Waals surface area contributed by atoms with Crippen LogP contribution in [0.3, 0.4) is 0 Å². The molecule has 7 aliphatic rings. The van der Waals surface area contributed by atoms with E-state index in [9.17, 15) is 0 Å². The van der Waals surface area contributed by atoms with Crippen LogP contribution >= 0.6 is 0 Å². The quantitative estimate of drug-likeness (QED) is 0.153. The molecule has 10 heterocycles. The van der Waals surface area contributed by atoms with Gasteiger partial charge >= 0.3 is 19.5 Å². The molecule has 4 aromatic carbocycles. The average Bonchev–Trinajstić information content (AvgIpc) is 1.71. The molecule has 0 unspecified atom stereocenters. The minimum atomic E-state index is 0. The predicted molar refractivity (Wildman–Crippen MR) is 352 cm³/mol. The van der Waals surface area contributed by atoms with Gasteiger partial charge in [-0.25, -0.2) is 9.97 Å². The summed E-state index contributed by atoms with van der Waals surface area (Å²) in [5.41, 5.74) is 20.9. The van der Waals surface area contributed by atoms with Crippen molar-refractivity contribution >= 4 is 44.4 Å². The second-order valence-electron chi connectivity index (χ2n) is 22.5. The van der Waals surface area contributed by atoms with Crippen LogP contribution in [0.25, 0.3) is 66.6 Å². The van der Waals surface area contributed by atoms with E-state index >= 15 is 0 Å². The first-order chi connectivity index (χ1) is 44.1. The van der Waals surface area contributed by atoms with E-state index in [4.69, 9.17) is 76.8 Å². The van der Waals surface area contributed by atoms with Crippen molar-refractivity contribution in [2.75, 3.05) is 106 Å². The van der Waals surface area contributed by atoms with E-state index in [-0.39, 0.29) is 32.7 Å². The molecule has 16 nitrogen and oxygen atoms in total. The number of rotatable bonds is 4. The van der Waals surface area contributed by atoms with E-state index in [0.29, 0.717) is 140 Å². The van der Waals surface area contributed by atoms with Crippen LogP contribution in [0.4, 0.5) is 0 Å². The monoisotopic (exact) mass is 1280 g/mol. The molecule has 3 aromatic heterocycles. The molecule has 0 atom stereocenters. The van der Waals surface area contributed by atoms with Crippen molar-refractivity contribution < 1.29 is 76.3 Å². The van der Waals surface area contributed by atoms with Gasteiger partial charge in [0.2, 0.25) is 0 Å². The maximum absolute atomic E-state index is 7.02. The Hall–Kier alpha value is -7.34. The van der Waals surface area contributed by atoms with Crippen LogP contribution in [0.15, 0.2) is 97.1 Å². The SMILES string of the molecule is CCC1=C(C)c2nc1cc1[n-]c(c(C)c1CC)c1c3nc(cc4[n-]c(c(C)c4CC)c2-c2ccccc2OCc2cc4cc(c2)OCCOCCOCCOCCOc2cc(cc(c2)OCCOCCOCCOCCO4)COc2ccccc2-1)C(CC)=C3C.[Zn+2]. The van der Waals surface area contributed by atoms with E-state index in [1.165, 1.54) is 0 Å². The van der Waals surface area contributed by atoms with Crippen LogP contribution in [0, 0.1) is 13.8 Å². The van der Waals surface area contributed by atoms with Crippen molar-refractivity contribution in [2.24, 2.45) is 0 Å². The molecular weight excluding hydrogens is 1200 g/mol. The summed E-state index contributed by atoms with van der Waals surface area (Å²) in [4.78, 5) is 22.8. The summed E-state index contributed by atoms with van der Waals surface area (Å²) >= 11 is 0. The summed E-state index contributed by atoms with van der Waals surface area (Å²) in [6.07, 6.45) is 2.97. The van der Waals surface area contributed by atoms with Gasteiger partial charge in [0.15, 0.2) is 0 Å². The van der Waals surface area contributed by atoms with Crippen molar-refractivity contribution in [1.29, 1.82) is 0 Å². The number of benzene rings is 4. The van der Waals surface area contributed by atoms with Crippen LogP contribution in [0.5, 0.6) is 34.5 Å². The molecule has 0 saturated heterocycles. The maximum atomic E-state index is 7.02. The van der Waals surface area contributed by atoms with E-state index in [0.717, 1.165) is 148 Å². The molecule has 14 rings (SSSR count). The number of hydrogen-bond donors (Lipinski definition) is 0. The Bertz CT molecular complexity index is 3590. The summed E-state index contributed by atoms with van der Waals surface area (Å²) in [6.45, 7) is 23.8. The summed E-state index contributed by atoms with van der Waals surface area (Å²) in [7, 11) is 0. The van der Waals surface area contributed by atoms with Crippen molar-refractivity contribution in [3.05, 3.63) is 153 Å². The smallest absolute Gasteiger partial charge is 0.657 e. The molecule has 0 saturated carbocycles. The van der Waals surface area contributed by atoms with E-state index < -0.39 is 0 Å². The van der Waals surface area contributed by atoms with Crippen molar-refractivity contribution in [3.8, 4) is 56.8 Å². The molecular formula is C74H84N4O12Zn. The number of nitrogens with zero attached hydrogens (tertiary/aromatic N) is 4. The van der Waals surface area contributed by atoms with Gasteiger partial charge in [-0.3, -0.25) is 0 Å². The molecule has 16 bridgehead atoms. The molecule has 17 heteroatoms. The fraction of sp³-hybridized carbons (Fsp3) is 0.405. The minimum absolute atomic E-state index is 0. The van der Waals surface area contributed by atoms with Gasteiger partial charge in [-0.15, -0.1) is 22.1 Å². The molecule has 0 aliphatic carbocycles. The first-order valence-corrected chi connectivity index (χ1v) is 31.9. The van der Waals surface area contributed by atoms with E-state index in [1.807, 2.05) is 60.7 Å². The summed E-state index contributed by atoms with van der Waals surface area (Å²) < 4.78 is 74.8. The molecule has 0 amide bonds. The Kier molecular flexibility index (Phi) is 23.6. The summed E-state index contributed by atoms with van der Waals surface area (Å²) in [5, 5.41) is 0. The third kappa shape index (κ3) is 15.8. The Labute approximate surface area is 547 Å². The standard InChI is InChI=1S/C74H84N4O12.Zn/c1-9-57-47(5)71-69-61-17-13-15-19-67(61)89-45-51-37-53-41-54(38-51)86-34-30-82-26-22-80-24-28-84-32-36-88-56-40-52(39-55(42-56)87-35-31-83-27-23-79-21-25-81-29-33-85-53)46-90-68-20-16-14-18-62(68)70(73-48(6)58(10-2)64(76-73)43-63(57)75-71)74-50(8)60(12-4)66(78-74)44-65-59(11-3)49(7)72(69)77-65;/h13-20,37-44H,9-12,21-36,45-46H2,1-8H3;/q-2;+2. The second kappa shape index (κ2) is 32.3. The van der Waals surface area contributed by atoms with Crippen LogP contribution in [-0.4, -0.2) is 116 Å². The van der Waals surface area contributed by atoms with Crippen molar-refractivity contribution in [1.82, 2.24) is 19.9 Å². The maximum Gasteiger partial charge on any atom is 2.00 e. The molecule has 7 aliphatic heterocycles. The third-order valence-corrected chi connectivity index (χ3v) is 16.8. The molecule has 7 aromatic rings. The van der Waals surface area contributed by atoms with Crippen LogP contribution in [0.1, 0.15) is 111 Å². The van der Waals surface area contributed by atoms with Gasteiger partial charge in [0, 0.05) is 23.3 Å². The molecule has 0 N–H and O–H groups in total. The first-order valence-electron chi connectivity index (χ1n) is 31.9. The average molecular weight is 1290 g/mol. The first kappa shape index (κ1) is 66.6. The topological polar surface area (TPSA) is 165 Å². The largest absolute Gasteiger partial charge is 2.00 e. The second-order valence-corrected chi connectivity index (χ2v) is 22.5. The zero-order valence-electron chi connectivity index (χ0n) is 54.2. The number of hydrogen-bond acceptors (Lipinski definition) is 14. The summed E-state index contributed by atoms with van der Waals surface area (Å²) in [5.74, 6) is 3.82. The normalized spacial score (nSPS) is 16.3. The predicted octanol–water partition coefficient (Wildman–Crippen LogP) is 14.1. The number of para-hydroxylation sites is 2. The zero-order valence-corrected chi connectivity index (χ0v) is 57.2. The van der Waals surface area contributed by atoms with E-state index in [1.54, 1.807) is 0 Å². The Morgan fingerprint density at radius 3 is 1.01 bits per heavy atom. The number of ether oxygens (including phenoxy) is 12. The van der Waals surface area contributed by atoms with Gasteiger partial charge in [-0.05, 0) is 134 Å². The van der Waals surface area contributed by atoms with Gasteiger partial charge < -0.3 is 66.8 Å². The minimum Gasteiger partial charge on any atom is -0.657 e. The Morgan fingerprint density at radius 2 is 0.692 bits per heavy atom. The fourth-order valence-electron chi connectivity index (χ4n) is 12.3. The van der Waals surface area contributed by atoms with Gasteiger partial charge in [0.1, 0.15) is 74.1 Å². The van der Waals surface area contributed by atoms with Crippen molar-refractivity contribution in [2.45, 2.75) is 94.3 Å². The van der Waals surface area contributed by atoms with Crippen LogP contribution in [0.2, 0.25) is 0 Å². The third-order valence-electron chi connectivity index (χ3n) is 16.8. The van der Waals surface area contributed by atoms with Crippen LogP contribution < -0.4 is 38.4 Å². The number of allylic oxidation sites excluding steroid dienone is 4. The molecule has 0 fully saturated rings. The van der Waals surface area contributed by atoms with E-state index in [2.05, 4.69) is 91.8 Å². The Morgan fingerprint density at radius 1 is 0.374 bits per heavy atom. The molecule has 474 valence electrons. The number of aryl methyl sites for hydroxylation is 4. The summed E-state index contributed by atoms with van der Waals surface area (Å²) in [6, 6.07) is 32.5. The molecule has 0 spiro atoms. The van der Waals surface area contributed by atoms with Crippen LogP contribution in [-0.2, 0) is 74.0 Å². The Balaban J connectivity index is 0.00000909. The van der Waals surface area contributed by atoms with Crippen molar-refractivity contribution in [3.63, 3.8) is 0 Å². The van der Waals surface area contributed by atoms with Gasteiger partial charge in [-0.1, -0.05) is 98.5 Å². The van der Waals surface area contributed by atoms with Gasteiger partial charge in [-0.2, -0.15) is 0 Å². The number of aromatic nitrogens is 4.